The Labute approximate surface area is 124 Å². The van der Waals surface area contributed by atoms with Gasteiger partial charge in [-0.3, -0.25) is 4.90 Å². The van der Waals surface area contributed by atoms with Crippen LogP contribution in [0.2, 0.25) is 0 Å². The van der Waals surface area contributed by atoms with Gasteiger partial charge in [-0.1, -0.05) is 18.2 Å². The first-order chi connectivity index (χ1) is 9.81. The lowest BCUT2D eigenvalue weighted by atomic mass is 10.1. The predicted octanol–water partition coefficient (Wildman–Crippen LogP) is 2.91. The Morgan fingerprint density at radius 3 is 3.10 bits per heavy atom. The van der Waals surface area contributed by atoms with Crippen molar-refractivity contribution >= 4 is 11.3 Å². The molecule has 0 radical (unpaired) electrons. The molecule has 3 rings (SSSR count). The first kappa shape index (κ1) is 13.7. The average molecular weight is 287 g/mol. The summed E-state index contributed by atoms with van der Waals surface area (Å²) in [5.41, 5.74) is 3.74. The van der Waals surface area contributed by atoms with Crippen LogP contribution in [0.1, 0.15) is 17.7 Å². The molecule has 1 aromatic carbocycles. The predicted molar refractivity (Wildman–Crippen MR) is 85.1 cm³/mol. The molecule has 1 aliphatic rings. The summed E-state index contributed by atoms with van der Waals surface area (Å²) in [5, 5.41) is 6.69. The van der Waals surface area contributed by atoms with Gasteiger partial charge in [0.2, 0.25) is 0 Å². The number of aromatic nitrogens is 1. The van der Waals surface area contributed by atoms with Crippen LogP contribution < -0.4 is 5.32 Å². The van der Waals surface area contributed by atoms with Crippen molar-refractivity contribution < 1.29 is 0 Å². The molecule has 2 aromatic rings. The second-order valence-corrected chi connectivity index (χ2v) is 6.23. The minimum absolute atomic E-state index is 1.04. The molecule has 1 saturated heterocycles. The van der Waals surface area contributed by atoms with Crippen LogP contribution in [0.15, 0.2) is 29.6 Å². The summed E-state index contributed by atoms with van der Waals surface area (Å²) in [6, 6.07) is 8.82. The normalized spacial score (nSPS) is 17.1. The molecule has 2 heterocycles. The van der Waals surface area contributed by atoms with Crippen molar-refractivity contribution in [2.75, 3.05) is 26.2 Å². The lowest BCUT2D eigenvalue weighted by molar-refractivity contribution is 0.284. The number of hydrogen-bond donors (Lipinski definition) is 1. The maximum Gasteiger partial charge on any atom is 0.123 e. The molecule has 1 aromatic heterocycles. The molecular weight excluding hydrogens is 266 g/mol. The Bertz CT molecular complexity index is 556. The van der Waals surface area contributed by atoms with Crippen LogP contribution in [0.4, 0.5) is 0 Å². The summed E-state index contributed by atoms with van der Waals surface area (Å²) in [5.74, 6) is 0. The maximum atomic E-state index is 4.58. The van der Waals surface area contributed by atoms with E-state index in [4.69, 9.17) is 0 Å². The summed E-state index contributed by atoms with van der Waals surface area (Å²) >= 11 is 1.73. The number of nitrogens with one attached hydrogen (secondary N) is 1. The van der Waals surface area contributed by atoms with Crippen molar-refractivity contribution in [1.82, 2.24) is 15.2 Å². The number of aryl methyl sites for hydroxylation is 1. The van der Waals surface area contributed by atoms with Crippen LogP contribution in [0, 0.1) is 6.92 Å². The van der Waals surface area contributed by atoms with Gasteiger partial charge in [-0.05, 0) is 38.1 Å². The molecular formula is C16H21N3S. The van der Waals surface area contributed by atoms with Crippen LogP contribution in [-0.4, -0.2) is 36.1 Å². The first-order valence-electron chi connectivity index (χ1n) is 7.26. The maximum absolute atomic E-state index is 4.58. The lowest BCUT2D eigenvalue weighted by Crippen LogP contribution is -2.27. The molecule has 0 spiro atoms. The van der Waals surface area contributed by atoms with Gasteiger partial charge in [-0.25, -0.2) is 4.98 Å². The van der Waals surface area contributed by atoms with Gasteiger partial charge in [0.1, 0.15) is 5.01 Å². The number of thiazole rings is 1. The quantitative estimate of drug-likeness (QED) is 0.941. The molecule has 20 heavy (non-hydrogen) atoms. The molecule has 1 N–H and O–H groups in total. The molecule has 0 saturated carbocycles. The van der Waals surface area contributed by atoms with E-state index in [1.165, 1.54) is 24.1 Å². The Kier molecular flexibility index (Phi) is 4.45. The van der Waals surface area contributed by atoms with Gasteiger partial charge >= 0.3 is 0 Å². The number of rotatable bonds is 3. The Morgan fingerprint density at radius 2 is 2.25 bits per heavy atom. The van der Waals surface area contributed by atoms with Gasteiger partial charge in [-0.2, -0.15) is 0 Å². The van der Waals surface area contributed by atoms with Gasteiger partial charge in [-0.15, -0.1) is 11.3 Å². The van der Waals surface area contributed by atoms with Crippen LogP contribution in [0.5, 0.6) is 0 Å². The highest BCUT2D eigenvalue weighted by Gasteiger charge is 2.10. The highest BCUT2D eigenvalue weighted by molar-refractivity contribution is 7.13. The van der Waals surface area contributed by atoms with E-state index >= 15 is 0 Å². The standard InChI is InChI=1S/C16H21N3S/c1-13-12-20-16(18-13)15-5-2-4-14(10-15)11-19-8-3-6-17-7-9-19/h2,4-5,10,12,17H,3,6-9,11H2,1H3. The van der Waals surface area contributed by atoms with E-state index in [-0.39, 0.29) is 0 Å². The van der Waals surface area contributed by atoms with E-state index in [1.54, 1.807) is 11.3 Å². The zero-order chi connectivity index (χ0) is 13.8. The summed E-state index contributed by atoms with van der Waals surface area (Å²) in [7, 11) is 0. The van der Waals surface area contributed by atoms with Crippen LogP contribution in [0.25, 0.3) is 10.6 Å². The minimum Gasteiger partial charge on any atom is -0.315 e. The van der Waals surface area contributed by atoms with E-state index in [0.717, 1.165) is 36.9 Å². The molecule has 0 bridgehead atoms. The molecule has 3 nitrogen and oxygen atoms in total. The van der Waals surface area contributed by atoms with Crippen molar-refractivity contribution in [3.05, 3.63) is 40.9 Å². The average Bonchev–Trinajstić information content (AvgIpc) is 2.73. The van der Waals surface area contributed by atoms with Crippen LogP contribution >= 0.6 is 11.3 Å². The van der Waals surface area contributed by atoms with Crippen molar-refractivity contribution in [3.63, 3.8) is 0 Å². The molecule has 1 aliphatic heterocycles. The van der Waals surface area contributed by atoms with E-state index in [1.807, 2.05) is 6.92 Å². The van der Waals surface area contributed by atoms with Crippen molar-refractivity contribution in [3.8, 4) is 10.6 Å². The first-order valence-corrected chi connectivity index (χ1v) is 8.14. The highest BCUT2D eigenvalue weighted by Crippen LogP contribution is 2.24. The summed E-state index contributed by atoms with van der Waals surface area (Å²) in [6.45, 7) is 7.67. The molecule has 106 valence electrons. The zero-order valence-electron chi connectivity index (χ0n) is 11.9. The minimum atomic E-state index is 1.04. The van der Waals surface area contributed by atoms with Crippen LogP contribution in [0.3, 0.4) is 0 Å². The second-order valence-electron chi connectivity index (χ2n) is 5.37. The number of benzene rings is 1. The van der Waals surface area contributed by atoms with Crippen molar-refractivity contribution in [2.24, 2.45) is 0 Å². The number of hydrogen-bond acceptors (Lipinski definition) is 4. The Balaban J connectivity index is 1.73. The SMILES string of the molecule is Cc1csc(-c2cccc(CN3CCCNCC3)c2)n1. The van der Waals surface area contributed by atoms with E-state index in [2.05, 4.69) is 44.8 Å². The Morgan fingerprint density at radius 1 is 1.30 bits per heavy atom. The van der Waals surface area contributed by atoms with Gasteiger partial charge in [0.05, 0.1) is 0 Å². The highest BCUT2D eigenvalue weighted by atomic mass is 32.1. The van der Waals surface area contributed by atoms with Crippen molar-refractivity contribution in [1.29, 1.82) is 0 Å². The smallest absolute Gasteiger partial charge is 0.123 e. The molecule has 1 fully saturated rings. The van der Waals surface area contributed by atoms with E-state index in [9.17, 15) is 0 Å². The topological polar surface area (TPSA) is 28.2 Å². The van der Waals surface area contributed by atoms with Gasteiger partial charge in [0.15, 0.2) is 0 Å². The third-order valence-corrected chi connectivity index (χ3v) is 4.64. The largest absolute Gasteiger partial charge is 0.315 e. The molecule has 0 unspecified atom stereocenters. The molecule has 0 amide bonds. The fraction of sp³-hybridized carbons (Fsp3) is 0.438. The number of nitrogens with zero attached hydrogens (tertiary/aromatic N) is 2. The van der Waals surface area contributed by atoms with Crippen LogP contribution in [-0.2, 0) is 6.54 Å². The van der Waals surface area contributed by atoms with E-state index < -0.39 is 0 Å². The summed E-state index contributed by atoms with van der Waals surface area (Å²) in [6.07, 6.45) is 1.24. The van der Waals surface area contributed by atoms with Gasteiger partial charge in [0.25, 0.3) is 0 Å². The van der Waals surface area contributed by atoms with E-state index in [0.29, 0.717) is 0 Å². The fourth-order valence-electron chi connectivity index (χ4n) is 2.61. The second kappa shape index (κ2) is 6.48. The lowest BCUT2D eigenvalue weighted by Gasteiger charge is -2.19. The third kappa shape index (κ3) is 3.45. The third-order valence-electron chi connectivity index (χ3n) is 3.63. The monoisotopic (exact) mass is 287 g/mol. The molecule has 4 heteroatoms. The van der Waals surface area contributed by atoms with Gasteiger partial charge < -0.3 is 5.32 Å². The van der Waals surface area contributed by atoms with Gasteiger partial charge in [0, 0.05) is 36.3 Å². The molecule has 0 aliphatic carbocycles. The zero-order valence-corrected chi connectivity index (χ0v) is 12.7. The van der Waals surface area contributed by atoms with Crippen molar-refractivity contribution in [2.45, 2.75) is 19.9 Å². The fourth-order valence-corrected chi connectivity index (χ4v) is 3.40. The molecule has 0 atom stereocenters. The Hall–Kier alpha value is -1.23. The summed E-state index contributed by atoms with van der Waals surface area (Å²) < 4.78 is 0. The summed E-state index contributed by atoms with van der Waals surface area (Å²) in [4.78, 5) is 7.11.